The molecule has 0 heterocycles. The van der Waals surface area contributed by atoms with Crippen LogP contribution >= 0.6 is 0 Å². The van der Waals surface area contributed by atoms with Crippen LogP contribution in [0.15, 0.2) is 24.3 Å². The smallest absolute Gasteiger partial charge is 0.317 e. The molecule has 0 aliphatic heterocycles. The monoisotopic (exact) mass is 294 g/mol. The lowest BCUT2D eigenvalue weighted by molar-refractivity contribution is -0.142. The molecule has 0 aromatic heterocycles. The van der Waals surface area contributed by atoms with Gasteiger partial charge in [0.1, 0.15) is 0 Å². The second kappa shape index (κ2) is 8.01. The van der Waals surface area contributed by atoms with Crippen molar-refractivity contribution < 1.29 is 24.6 Å². The number of para-hydroxylation sites is 1. The molecule has 1 amide bonds. The minimum absolute atomic E-state index is 0.295. The third-order valence-electron chi connectivity index (χ3n) is 2.76. The Labute approximate surface area is 122 Å². The van der Waals surface area contributed by atoms with E-state index in [4.69, 9.17) is 10.2 Å². The molecule has 7 nitrogen and oxygen atoms in total. The molecule has 0 fully saturated rings. The summed E-state index contributed by atoms with van der Waals surface area (Å²) in [5.41, 5.74) is 1.60. The van der Waals surface area contributed by atoms with Gasteiger partial charge in [-0.1, -0.05) is 25.1 Å². The Morgan fingerprint density at radius 1 is 1.05 bits per heavy atom. The van der Waals surface area contributed by atoms with Gasteiger partial charge in [0.05, 0.1) is 19.6 Å². The van der Waals surface area contributed by atoms with Crippen LogP contribution in [0.1, 0.15) is 12.5 Å². The lowest BCUT2D eigenvalue weighted by Gasteiger charge is -2.18. The van der Waals surface area contributed by atoms with Crippen LogP contribution in [-0.4, -0.2) is 52.6 Å². The van der Waals surface area contributed by atoms with Crippen molar-refractivity contribution in [2.75, 3.05) is 25.0 Å². The van der Waals surface area contributed by atoms with Gasteiger partial charge in [-0.15, -0.1) is 0 Å². The average Bonchev–Trinajstić information content (AvgIpc) is 2.37. The molecule has 0 aliphatic rings. The maximum atomic E-state index is 11.9. The highest BCUT2D eigenvalue weighted by Crippen LogP contribution is 2.15. The van der Waals surface area contributed by atoms with Crippen LogP contribution in [0.3, 0.4) is 0 Å². The summed E-state index contributed by atoms with van der Waals surface area (Å²) in [5.74, 6) is -2.81. The van der Waals surface area contributed by atoms with Gasteiger partial charge in [-0.25, -0.2) is 0 Å². The molecular formula is C14H18N2O5. The van der Waals surface area contributed by atoms with Gasteiger partial charge in [0, 0.05) is 5.69 Å². The van der Waals surface area contributed by atoms with Crippen molar-refractivity contribution >= 4 is 23.5 Å². The first-order valence-corrected chi connectivity index (χ1v) is 6.46. The van der Waals surface area contributed by atoms with Crippen molar-refractivity contribution in [3.63, 3.8) is 0 Å². The number of carboxylic acid groups (broad SMARTS) is 2. The molecule has 0 bridgehead atoms. The summed E-state index contributed by atoms with van der Waals surface area (Å²) in [6, 6.07) is 7.26. The van der Waals surface area contributed by atoms with Gasteiger partial charge >= 0.3 is 11.9 Å². The van der Waals surface area contributed by atoms with Crippen LogP contribution in [0.25, 0.3) is 0 Å². The van der Waals surface area contributed by atoms with Gasteiger partial charge < -0.3 is 15.5 Å². The van der Waals surface area contributed by atoms with E-state index in [1.807, 2.05) is 19.1 Å². The predicted molar refractivity (Wildman–Crippen MR) is 76.2 cm³/mol. The molecule has 7 heteroatoms. The van der Waals surface area contributed by atoms with Crippen molar-refractivity contribution in [2.45, 2.75) is 13.3 Å². The third kappa shape index (κ3) is 6.05. The van der Waals surface area contributed by atoms with E-state index in [2.05, 4.69) is 5.32 Å². The minimum Gasteiger partial charge on any atom is -0.480 e. The first kappa shape index (κ1) is 16.6. The topological polar surface area (TPSA) is 107 Å². The number of aryl methyl sites for hydroxylation is 1. The maximum absolute atomic E-state index is 11.9. The number of nitrogens with one attached hydrogen (secondary N) is 1. The lowest BCUT2D eigenvalue weighted by Crippen LogP contribution is -2.40. The molecule has 0 spiro atoms. The molecule has 1 rings (SSSR count). The summed E-state index contributed by atoms with van der Waals surface area (Å²) in [7, 11) is 0. The molecule has 1 aromatic carbocycles. The van der Waals surface area contributed by atoms with E-state index >= 15 is 0 Å². The fourth-order valence-corrected chi connectivity index (χ4v) is 1.89. The number of aliphatic carboxylic acids is 2. The second-order valence-electron chi connectivity index (χ2n) is 4.49. The van der Waals surface area contributed by atoms with E-state index in [-0.39, 0.29) is 6.54 Å². The molecule has 0 atom stereocenters. The Kier molecular flexibility index (Phi) is 6.35. The Morgan fingerprint density at radius 3 is 2.14 bits per heavy atom. The van der Waals surface area contributed by atoms with Crippen molar-refractivity contribution in [3.8, 4) is 0 Å². The van der Waals surface area contributed by atoms with Crippen molar-refractivity contribution in [3.05, 3.63) is 29.8 Å². The highest BCUT2D eigenvalue weighted by molar-refractivity contribution is 5.93. The Bertz CT molecular complexity index is 514. The molecule has 1 aromatic rings. The first-order chi connectivity index (χ1) is 9.92. The zero-order valence-electron chi connectivity index (χ0n) is 11.7. The lowest BCUT2D eigenvalue weighted by atomic mass is 10.1. The van der Waals surface area contributed by atoms with Gasteiger partial charge in [0.2, 0.25) is 5.91 Å². The molecular weight excluding hydrogens is 276 g/mol. The summed E-state index contributed by atoms with van der Waals surface area (Å²) in [5, 5.41) is 20.1. The van der Waals surface area contributed by atoms with Gasteiger partial charge in [-0.2, -0.15) is 0 Å². The number of nitrogens with zero attached hydrogens (tertiary/aromatic N) is 1. The number of carbonyl (C=O) groups is 3. The molecule has 0 radical (unpaired) electrons. The molecule has 0 unspecified atom stereocenters. The number of carbonyl (C=O) groups excluding carboxylic acids is 1. The molecule has 3 N–H and O–H groups in total. The molecule has 114 valence electrons. The Morgan fingerprint density at radius 2 is 1.62 bits per heavy atom. The van der Waals surface area contributed by atoms with Crippen molar-refractivity contribution in [1.29, 1.82) is 0 Å². The highest BCUT2D eigenvalue weighted by Gasteiger charge is 2.17. The molecule has 0 saturated carbocycles. The van der Waals surface area contributed by atoms with Crippen LogP contribution in [-0.2, 0) is 20.8 Å². The number of amides is 1. The zero-order valence-corrected chi connectivity index (χ0v) is 11.7. The third-order valence-corrected chi connectivity index (χ3v) is 2.76. The van der Waals surface area contributed by atoms with E-state index < -0.39 is 30.9 Å². The SMILES string of the molecule is CCc1ccccc1NC(=O)CN(CC(=O)O)CC(=O)O. The van der Waals surface area contributed by atoms with Gasteiger partial charge in [0.25, 0.3) is 0 Å². The average molecular weight is 294 g/mol. The number of hydrogen-bond donors (Lipinski definition) is 3. The molecule has 0 saturated heterocycles. The number of benzene rings is 1. The molecule has 0 aliphatic carbocycles. The standard InChI is InChI=1S/C14H18N2O5/c1-2-10-5-3-4-6-11(10)15-12(17)7-16(8-13(18)19)9-14(20)21/h3-6H,2,7-9H2,1H3,(H,15,17)(H,18,19)(H,20,21). The highest BCUT2D eigenvalue weighted by atomic mass is 16.4. The number of anilines is 1. The van der Waals surface area contributed by atoms with Crippen LogP contribution in [0, 0.1) is 0 Å². The quantitative estimate of drug-likeness (QED) is 0.650. The summed E-state index contributed by atoms with van der Waals surface area (Å²) < 4.78 is 0. The second-order valence-corrected chi connectivity index (χ2v) is 4.49. The van der Waals surface area contributed by atoms with E-state index in [9.17, 15) is 14.4 Å². The molecule has 21 heavy (non-hydrogen) atoms. The normalized spacial score (nSPS) is 10.4. The van der Waals surface area contributed by atoms with E-state index in [0.717, 1.165) is 16.9 Å². The van der Waals surface area contributed by atoms with Crippen molar-refractivity contribution in [2.24, 2.45) is 0 Å². The Hall–Kier alpha value is -2.41. The van der Waals surface area contributed by atoms with Crippen LogP contribution in [0.5, 0.6) is 0 Å². The van der Waals surface area contributed by atoms with Gasteiger partial charge in [-0.3, -0.25) is 19.3 Å². The largest absolute Gasteiger partial charge is 0.480 e. The zero-order chi connectivity index (χ0) is 15.8. The number of rotatable bonds is 8. The van der Waals surface area contributed by atoms with E-state index in [1.165, 1.54) is 0 Å². The Balaban J connectivity index is 2.68. The van der Waals surface area contributed by atoms with E-state index in [1.54, 1.807) is 12.1 Å². The maximum Gasteiger partial charge on any atom is 0.317 e. The fourth-order valence-electron chi connectivity index (χ4n) is 1.89. The summed E-state index contributed by atoms with van der Waals surface area (Å²) in [6.07, 6.45) is 0.740. The fraction of sp³-hybridized carbons (Fsp3) is 0.357. The number of carboxylic acids is 2. The van der Waals surface area contributed by atoms with Gasteiger partial charge in [0.15, 0.2) is 0 Å². The predicted octanol–water partition coefficient (Wildman–Crippen LogP) is 0.659. The summed E-state index contributed by atoms with van der Waals surface area (Å²) in [6.45, 7) is 0.646. The van der Waals surface area contributed by atoms with E-state index in [0.29, 0.717) is 5.69 Å². The van der Waals surface area contributed by atoms with Crippen LogP contribution < -0.4 is 5.32 Å². The summed E-state index contributed by atoms with van der Waals surface area (Å²) in [4.78, 5) is 34.3. The minimum atomic E-state index is -1.18. The summed E-state index contributed by atoms with van der Waals surface area (Å²) >= 11 is 0. The van der Waals surface area contributed by atoms with Crippen LogP contribution in [0.4, 0.5) is 5.69 Å². The van der Waals surface area contributed by atoms with Crippen molar-refractivity contribution in [1.82, 2.24) is 4.90 Å². The van der Waals surface area contributed by atoms with Crippen LogP contribution in [0.2, 0.25) is 0 Å². The number of hydrogen-bond acceptors (Lipinski definition) is 4. The first-order valence-electron chi connectivity index (χ1n) is 6.46. The van der Waals surface area contributed by atoms with Gasteiger partial charge in [-0.05, 0) is 18.1 Å².